The van der Waals surface area contributed by atoms with Gasteiger partial charge in [0.15, 0.2) is 0 Å². The zero-order chi connectivity index (χ0) is 13.4. The van der Waals surface area contributed by atoms with Gasteiger partial charge in [0, 0.05) is 12.1 Å². The summed E-state index contributed by atoms with van der Waals surface area (Å²) in [5.41, 5.74) is 0.230. The summed E-state index contributed by atoms with van der Waals surface area (Å²) < 4.78 is 5.55. The van der Waals surface area contributed by atoms with Gasteiger partial charge in [0.1, 0.15) is 0 Å². The van der Waals surface area contributed by atoms with E-state index in [1.807, 2.05) is 0 Å². The lowest BCUT2D eigenvalue weighted by atomic mass is 10.0. The maximum Gasteiger partial charge on any atom is 0.0645 e. The number of hydrogen-bond acceptors (Lipinski definition) is 3. The van der Waals surface area contributed by atoms with Crippen molar-refractivity contribution in [3.8, 4) is 0 Å². The van der Waals surface area contributed by atoms with E-state index in [0.29, 0.717) is 0 Å². The first-order chi connectivity index (χ1) is 8.52. The zero-order valence-corrected chi connectivity index (χ0v) is 12.8. The number of morpholine rings is 1. The van der Waals surface area contributed by atoms with Gasteiger partial charge in [-0.15, -0.1) is 0 Å². The monoisotopic (exact) mass is 256 g/mol. The first-order valence-electron chi connectivity index (χ1n) is 7.56. The van der Waals surface area contributed by atoms with Crippen LogP contribution < -0.4 is 5.32 Å². The number of nitrogens with zero attached hydrogens (tertiary/aromatic N) is 1. The molecule has 0 atom stereocenters. The maximum absolute atomic E-state index is 5.55. The Morgan fingerprint density at radius 3 is 2.67 bits per heavy atom. The Kier molecular flexibility index (Phi) is 7.20. The molecule has 1 saturated heterocycles. The number of ether oxygens (including phenoxy) is 1. The molecule has 0 unspecified atom stereocenters. The Bertz CT molecular complexity index is 217. The molecule has 1 fully saturated rings. The highest BCUT2D eigenvalue weighted by Gasteiger charge is 2.29. The average molecular weight is 256 g/mol. The van der Waals surface area contributed by atoms with Crippen molar-refractivity contribution in [3.05, 3.63) is 0 Å². The second kappa shape index (κ2) is 8.13. The predicted molar refractivity (Wildman–Crippen MR) is 78.0 cm³/mol. The van der Waals surface area contributed by atoms with Gasteiger partial charge in [-0.25, -0.2) is 0 Å². The summed E-state index contributed by atoms with van der Waals surface area (Å²) in [5, 5.41) is 3.51. The van der Waals surface area contributed by atoms with Crippen molar-refractivity contribution in [2.75, 3.05) is 39.4 Å². The van der Waals surface area contributed by atoms with Crippen LogP contribution in [-0.4, -0.2) is 49.8 Å². The van der Waals surface area contributed by atoms with Crippen LogP contribution in [-0.2, 0) is 4.74 Å². The Balaban J connectivity index is 2.00. The van der Waals surface area contributed by atoms with Gasteiger partial charge in [0.2, 0.25) is 0 Å². The van der Waals surface area contributed by atoms with Crippen LogP contribution in [0.25, 0.3) is 0 Å². The normalized spacial score (nSPS) is 20.5. The van der Waals surface area contributed by atoms with Gasteiger partial charge in [-0.05, 0) is 52.2 Å². The molecule has 0 saturated carbocycles. The molecule has 0 radical (unpaired) electrons. The van der Waals surface area contributed by atoms with E-state index in [-0.39, 0.29) is 5.54 Å². The van der Waals surface area contributed by atoms with Crippen LogP contribution >= 0.6 is 0 Å². The first-order valence-corrected chi connectivity index (χ1v) is 7.56. The fraction of sp³-hybridized carbons (Fsp3) is 1.00. The van der Waals surface area contributed by atoms with Crippen molar-refractivity contribution in [2.24, 2.45) is 5.92 Å². The van der Waals surface area contributed by atoms with Gasteiger partial charge in [-0.1, -0.05) is 20.3 Å². The lowest BCUT2D eigenvalue weighted by molar-refractivity contribution is -0.0513. The molecule has 1 N–H and O–H groups in total. The minimum atomic E-state index is 0.230. The van der Waals surface area contributed by atoms with Gasteiger partial charge in [-0.2, -0.15) is 0 Å². The van der Waals surface area contributed by atoms with E-state index < -0.39 is 0 Å². The third kappa shape index (κ3) is 6.17. The Morgan fingerprint density at radius 1 is 1.22 bits per heavy atom. The molecule has 0 aliphatic carbocycles. The molecule has 0 spiro atoms. The summed E-state index contributed by atoms with van der Waals surface area (Å²) >= 11 is 0. The van der Waals surface area contributed by atoms with Crippen LogP contribution in [0.3, 0.4) is 0 Å². The molecule has 0 aromatic rings. The van der Waals surface area contributed by atoms with Crippen LogP contribution in [0.2, 0.25) is 0 Å². The Morgan fingerprint density at radius 2 is 2.00 bits per heavy atom. The molecule has 1 aliphatic heterocycles. The Labute approximate surface area is 113 Å². The first kappa shape index (κ1) is 15.9. The molecule has 0 aromatic carbocycles. The highest BCUT2D eigenvalue weighted by Crippen LogP contribution is 2.19. The van der Waals surface area contributed by atoms with Gasteiger partial charge < -0.3 is 10.1 Å². The standard InChI is InChI=1S/C15H32N2O/c1-14(2)12-16-8-6-5-7-9-17-10-11-18-13-15(17,3)4/h14,16H,5-13H2,1-4H3. The van der Waals surface area contributed by atoms with E-state index in [9.17, 15) is 0 Å². The van der Waals surface area contributed by atoms with Gasteiger partial charge >= 0.3 is 0 Å². The van der Waals surface area contributed by atoms with Crippen molar-refractivity contribution in [1.82, 2.24) is 10.2 Å². The number of rotatable bonds is 8. The maximum atomic E-state index is 5.55. The molecule has 3 heteroatoms. The van der Waals surface area contributed by atoms with Crippen molar-refractivity contribution >= 4 is 0 Å². The lowest BCUT2D eigenvalue weighted by Crippen LogP contribution is -2.53. The average Bonchev–Trinajstić information content (AvgIpc) is 2.29. The van der Waals surface area contributed by atoms with Gasteiger partial charge in [0.05, 0.1) is 13.2 Å². The molecule has 108 valence electrons. The summed E-state index contributed by atoms with van der Waals surface area (Å²) in [6.07, 6.45) is 3.95. The summed E-state index contributed by atoms with van der Waals surface area (Å²) in [6, 6.07) is 0. The summed E-state index contributed by atoms with van der Waals surface area (Å²) in [5.74, 6) is 0.763. The molecular formula is C15H32N2O. The number of nitrogens with one attached hydrogen (secondary N) is 1. The van der Waals surface area contributed by atoms with Crippen molar-refractivity contribution in [3.63, 3.8) is 0 Å². The topological polar surface area (TPSA) is 24.5 Å². The van der Waals surface area contributed by atoms with E-state index in [2.05, 4.69) is 37.9 Å². The van der Waals surface area contributed by atoms with Crippen LogP contribution in [0.1, 0.15) is 47.0 Å². The third-order valence-electron chi connectivity index (χ3n) is 3.65. The molecule has 3 nitrogen and oxygen atoms in total. The lowest BCUT2D eigenvalue weighted by Gasteiger charge is -2.42. The quantitative estimate of drug-likeness (QED) is 0.675. The fourth-order valence-electron chi connectivity index (χ4n) is 2.43. The number of unbranched alkanes of at least 4 members (excludes halogenated alkanes) is 2. The molecule has 0 bridgehead atoms. The van der Waals surface area contributed by atoms with E-state index in [1.54, 1.807) is 0 Å². The van der Waals surface area contributed by atoms with Crippen LogP contribution in [0, 0.1) is 5.92 Å². The van der Waals surface area contributed by atoms with Gasteiger partial charge in [0.25, 0.3) is 0 Å². The van der Waals surface area contributed by atoms with E-state index in [1.165, 1.54) is 32.4 Å². The molecule has 0 aromatic heterocycles. The fourth-order valence-corrected chi connectivity index (χ4v) is 2.43. The summed E-state index contributed by atoms with van der Waals surface area (Å²) in [4.78, 5) is 2.58. The highest BCUT2D eigenvalue weighted by molar-refractivity contribution is 4.84. The van der Waals surface area contributed by atoms with Crippen LogP contribution in [0.15, 0.2) is 0 Å². The minimum Gasteiger partial charge on any atom is -0.378 e. The highest BCUT2D eigenvalue weighted by atomic mass is 16.5. The minimum absolute atomic E-state index is 0.230. The second-order valence-electron chi connectivity index (χ2n) is 6.51. The van der Waals surface area contributed by atoms with Crippen molar-refractivity contribution in [2.45, 2.75) is 52.5 Å². The molecule has 1 aliphatic rings. The second-order valence-corrected chi connectivity index (χ2v) is 6.51. The Hall–Kier alpha value is -0.120. The van der Waals surface area contributed by atoms with Crippen molar-refractivity contribution in [1.29, 1.82) is 0 Å². The molecule has 0 amide bonds. The van der Waals surface area contributed by atoms with Crippen molar-refractivity contribution < 1.29 is 4.74 Å². The molecule has 1 heterocycles. The number of hydrogen-bond donors (Lipinski definition) is 1. The van der Waals surface area contributed by atoms with E-state index >= 15 is 0 Å². The van der Waals surface area contributed by atoms with E-state index in [0.717, 1.165) is 32.2 Å². The zero-order valence-electron chi connectivity index (χ0n) is 12.8. The SMILES string of the molecule is CC(C)CNCCCCCN1CCOCC1(C)C. The predicted octanol–water partition coefficient (Wildman–Crippen LogP) is 2.51. The summed E-state index contributed by atoms with van der Waals surface area (Å²) in [7, 11) is 0. The summed E-state index contributed by atoms with van der Waals surface area (Å²) in [6.45, 7) is 15.5. The van der Waals surface area contributed by atoms with Gasteiger partial charge in [-0.3, -0.25) is 4.90 Å². The van der Waals surface area contributed by atoms with E-state index in [4.69, 9.17) is 4.74 Å². The molecule has 1 rings (SSSR count). The molecular weight excluding hydrogens is 224 g/mol. The largest absolute Gasteiger partial charge is 0.378 e. The molecule has 18 heavy (non-hydrogen) atoms. The van der Waals surface area contributed by atoms with Crippen LogP contribution in [0.4, 0.5) is 0 Å². The van der Waals surface area contributed by atoms with Crippen LogP contribution in [0.5, 0.6) is 0 Å². The third-order valence-corrected chi connectivity index (χ3v) is 3.65. The smallest absolute Gasteiger partial charge is 0.0645 e.